The minimum atomic E-state index is -0.863. The van der Waals surface area contributed by atoms with Gasteiger partial charge in [-0.1, -0.05) is 114 Å². The normalized spacial score (nSPS) is 14.8. The summed E-state index contributed by atoms with van der Waals surface area (Å²) in [5.74, 6) is -1.42. The Morgan fingerprint density at radius 2 is 1.25 bits per heavy atom. The maximum absolute atomic E-state index is 13.5. The molecule has 2 rings (SSSR count). The third-order valence-electron chi connectivity index (χ3n) is 10.6. The van der Waals surface area contributed by atoms with Crippen LogP contribution in [0.25, 0.3) is 0 Å². The maximum atomic E-state index is 13.5. The summed E-state index contributed by atoms with van der Waals surface area (Å²) in [7, 11) is 0. The molecule has 3 atom stereocenters. The number of ether oxygens (including phenoxy) is 3. The van der Waals surface area contributed by atoms with E-state index in [-0.39, 0.29) is 30.7 Å². The first-order chi connectivity index (χ1) is 28.7. The largest absolute Gasteiger partial charge is 0.379 e. The van der Waals surface area contributed by atoms with Crippen molar-refractivity contribution >= 4 is 29.5 Å². The van der Waals surface area contributed by atoms with Gasteiger partial charge in [-0.3, -0.25) is 24.0 Å². The predicted molar refractivity (Wildman–Crippen MR) is 231 cm³/mol. The molecule has 1 aromatic carbocycles. The van der Waals surface area contributed by atoms with Crippen LogP contribution in [0.5, 0.6) is 0 Å². The molecule has 59 heavy (non-hydrogen) atoms. The van der Waals surface area contributed by atoms with Gasteiger partial charge in [0.25, 0.3) is 0 Å². The van der Waals surface area contributed by atoms with Crippen molar-refractivity contribution in [3.05, 3.63) is 35.9 Å². The fourth-order valence-electron chi connectivity index (χ4n) is 7.17. The molecule has 0 aromatic heterocycles. The van der Waals surface area contributed by atoms with Gasteiger partial charge in [0.05, 0.1) is 45.7 Å². The average Bonchev–Trinajstić information content (AvgIpc) is 3.73. The van der Waals surface area contributed by atoms with Gasteiger partial charge in [-0.25, -0.2) is 0 Å². The Labute approximate surface area is 354 Å². The molecule has 7 N–H and O–H groups in total. The van der Waals surface area contributed by atoms with Gasteiger partial charge in [0.15, 0.2) is 0 Å². The van der Waals surface area contributed by atoms with Gasteiger partial charge in [0.1, 0.15) is 12.1 Å². The minimum absolute atomic E-state index is 0.0819. The van der Waals surface area contributed by atoms with Crippen LogP contribution in [-0.4, -0.2) is 112 Å². The number of unbranched alkanes of at least 4 members (excludes halogenated alkanes) is 13. The van der Waals surface area contributed by atoms with Gasteiger partial charge in [0, 0.05) is 32.5 Å². The van der Waals surface area contributed by atoms with E-state index in [4.69, 9.17) is 25.7 Å². The highest BCUT2D eigenvalue weighted by molar-refractivity contribution is 5.93. The molecule has 1 saturated heterocycles. The lowest BCUT2D eigenvalue weighted by Crippen LogP contribution is -2.55. The number of nitrogens with one attached hydrogen (secondary N) is 3. The quantitative estimate of drug-likeness (QED) is 0.0582. The third-order valence-corrected chi connectivity index (χ3v) is 10.6. The molecule has 0 radical (unpaired) electrons. The molecule has 3 unspecified atom stereocenters. The smallest absolute Gasteiger partial charge is 0.245 e. The monoisotopic (exact) mass is 831 g/mol. The first kappa shape index (κ1) is 51.6. The molecular formula is C45H78N6O8. The molecule has 0 aliphatic carbocycles. The molecular weight excluding hydrogens is 753 g/mol. The summed E-state index contributed by atoms with van der Waals surface area (Å²) in [4.78, 5) is 64.3. The lowest BCUT2D eigenvalue weighted by molar-refractivity contribution is -0.141. The van der Waals surface area contributed by atoms with Crippen molar-refractivity contribution in [2.24, 2.45) is 11.5 Å². The van der Waals surface area contributed by atoms with Gasteiger partial charge < -0.3 is 46.5 Å². The molecule has 1 fully saturated rings. The summed E-state index contributed by atoms with van der Waals surface area (Å²) in [6, 6.07) is 7.00. The molecule has 0 saturated carbocycles. The molecule has 14 heteroatoms. The van der Waals surface area contributed by atoms with Crippen molar-refractivity contribution in [1.29, 1.82) is 0 Å². The SMILES string of the molecule is CCCCCCCCCCCCCCCC(=O)NCCOCCOCCOCCC(=O)NCCCCC(NC(=O)C(N)Cc1ccccc1)C(=O)N1CCCC1C(N)=O. The van der Waals surface area contributed by atoms with Crippen LogP contribution < -0.4 is 27.4 Å². The second kappa shape index (κ2) is 34.2. The van der Waals surface area contributed by atoms with Crippen LogP contribution in [0.2, 0.25) is 0 Å². The summed E-state index contributed by atoms with van der Waals surface area (Å²) < 4.78 is 16.6. The summed E-state index contributed by atoms with van der Waals surface area (Å²) >= 11 is 0. The zero-order chi connectivity index (χ0) is 42.8. The van der Waals surface area contributed by atoms with E-state index in [1.807, 2.05) is 30.3 Å². The van der Waals surface area contributed by atoms with Crippen molar-refractivity contribution in [1.82, 2.24) is 20.9 Å². The molecule has 1 aromatic rings. The first-order valence-corrected chi connectivity index (χ1v) is 22.7. The van der Waals surface area contributed by atoms with Crippen LogP contribution in [-0.2, 0) is 44.6 Å². The van der Waals surface area contributed by atoms with Gasteiger partial charge in [-0.2, -0.15) is 0 Å². The van der Waals surface area contributed by atoms with Crippen LogP contribution in [0, 0.1) is 0 Å². The second-order valence-electron chi connectivity index (χ2n) is 15.7. The van der Waals surface area contributed by atoms with Crippen LogP contribution >= 0.6 is 0 Å². The number of hydrogen-bond acceptors (Lipinski definition) is 9. The van der Waals surface area contributed by atoms with E-state index in [9.17, 15) is 24.0 Å². The molecule has 14 nitrogen and oxygen atoms in total. The molecule has 0 bridgehead atoms. The van der Waals surface area contributed by atoms with Crippen LogP contribution in [0.3, 0.4) is 0 Å². The zero-order valence-electron chi connectivity index (χ0n) is 36.2. The number of carbonyl (C=O) groups excluding carboxylic acids is 5. The maximum Gasteiger partial charge on any atom is 0.245 e. The van der Waals surface area contributed by atoms with Crippen molar-refractivity contribution < 1.29 is 38.2 Å². The Hall–Kier alpha value is -3.59. The zero-order valence-corrected chi connectivity index (χ0v) is 36.2. The first-order valence-electron chi connectivity index (χ1n) is 22.7. The number of primary amides is 1. The Morgan fingerprint density at radius 1 is 0.695 bits per heavy atom. The number of likely N-dealkylation sites (tertiary alicyclic amines) is 1. The fraction of sp³-hybridized carbons (Fsp3) is 0.756. The van der Waals surface area contributed by atoms with E-state index in [2.05, 4.69) is 22.9 Å². The Bertz CT molecular complexity index is 1290. The summed E-state index contributed by atoms with van der Waals surface area (Å²) in [6.07, 6.45) is 20.5. The number of benzene rings is 1. The predicted octanol–water partition coefficient (Wildman–Crippen LogP) is 4.84. The van der Waals surface area contributed by atoms with Crippen molar-refractivity contribution in [3.63, 3.8) is 0 Å². The second-order valence-corrected chi connectivity index (χ2v) is 15.7. The number of hydrogen-bond donors (Lipinski definition) is 5. The Balaban J connectivity index is 1.44. The van der Waals surface area contributed by atoms with E-state index in [1.54, 1.807) is 0 Å². The number of carbonyl (C=O) groups is 5. The van der Waals surface area contributed by atoms with Gasteiger partial charge >= 0.3 is 0 Å². The molecule has 1 heterocycles. The summed E-state index contributed by atoms with van der Waals surface area (Å²) in [5, 5.41) is 8.60. The van der Waals surface area contributed by atoms with Gasteiger partial charge in [-0.15, -0.1) is 0 Å². The number of nitrogens with zero attached hydrogens (tertiary/aromatic N) is 1. The summed E-state index contributed by atoms with van der Waals surface area (Å²) in [6.45, 7) is 5.82. The van der Waals surface area contributed by atoms with Crippen LogP contribution in [0.4, 0.5) is 0 Å². The van der Waals surface area contributed by atoms with Gasteiger partial charge in [0.2, 0.25) is 29.5 Å². The number of rotatable bonds is 37. The van der Waals surface area contributed by atoms with Crippen molar-refractivity contribution in [3.8, 4) is 0 Å². The lowest BCUT2D eigenvalue weighted by atomic mass is 10.0. The number of amides is 5. The standard InChI is InChI=1S/C45H78N6O8/c1-2-3-4-5-6-7-8-9-10-11-12-13-17-25-41(52)49-28-31-58-33-35-59-34-32-57-30-26-42(53)48-27-19-18-23-39(45(56)51-29-20-24-40(51)43(47)54)50-44(55)38(46)36-37-21-15-14-16-22-37/h14-16,21-22,38-40H,2-13,17-20,23-36,46H2,1H3,(H2,47,54)(H,48,53)(H,49,52)(H,50,55). The fourth-order valence-corrected chi connectivity index (χ4v) is 7.17. The molecule has 336 valence electrons. The molecule has 5 amide bonds. The summed E-state index contributed by atoms with van der Waals surface area (Å²) in [5.41, 5.74) is 12.6. The van der Waals surface area contributed by atoms with Crippen LogP contribution in [0.15, 0.2) is 30.3 Å². The van der Waals surface area contributed by atoms with E-state index < -0.39 is 29.9 Å². The van der Waals surface area contributed by atoms with E-state index in [0.717, 1.165) is 18.4 Å². The highest BCUT2D eigenvalue weighted by atomic mass is 16.5. The highest BCUT2D eigenvalue weighted by Crippen LogP contribution is 2.20. The van der Waals surface area contributed by atoms with E-state index in [1.165, 1.54) is 75.5 Å². The van der Waals surface area contributed by atoms with Crippen molar-refractivity contribution in [2.75, 3.05) is 59.3 Å². The number of nitrogens with two attached hydrogens (primary N) is 2. The van der Waals surface area contributed by atoms with E-state index in [0.29, 0.717) is 97.6 Å². The lowest BCUT2D eigenvalue weighted by Gasteiger charge is -2.28. The third kappa shape index (κ3) is 25.6. The van der Waals surface area contributed by atoms with Crippen molar-refractivity contribution in [2.45, 2.75) is 160 Å². The topological polar surface area (TPSA) is 204 Å². The molecule has 1 aliphatic heterocycles. The van der Waals surface area contributed by atoms with E-state index >= 15 is 0 Å². The Morgan fingerprint density at radius 3 is 1.88 bits per heavy atom. The van der Waals surface area contributed by atoms with Crippen LogP contribution in [0.1, 0.15) is 141 Å². The molecule has 1 aliphatic rings. The van der Waals surface area contributed by atoms with Gasteiger partial charge in [-0.05, 0) is 50.5 Å². The average molecular weight is 831 g/mol. The minimum Gasteiger partial charge on any atom is -0.379 e. The highest BCUT2D eigenvalue weighted by Gasteiger charge is 2.36. The molecule has 0 spiro atoms. The Kier molecular flexibility index (Phi) is 29.8.